The van der Waals surface area contributed by atoms with Gasteiger partial charge in [0.25, 0.3) is 0 Å². The van der Waals surface area contributed by atoms with Crippen LogP contribution in [0.1, 0.15) is 74.1 Å². The Morgan fingerprint density at radius 1 is 0.636 bits per heavy atom. The lowest BCUT2D eigenvalue weighted by atomic mass is 9.82. The van der Waals surface area contributed by atoms with E-state index in [4.69, 9.17) is 97.8 Å². The maximum atomic E-state index is 11.4. The van der Waals surface area contributed by atoms with Gasteiger partial charge in [0.2, 0.25) is 28.2 Å². The number of H-pyrrole nitrogens is 3. The molecule has 110 heavy (non-hydrogen) atoms. The summed E-state index contributed by atoms with van der Waals surface area (Å²) in [5.41, 5.74) is 8.56. The molecule has 0 aromatic carbocycles. The average Bonchev–Trinajstić information content (AvgIpc) is 1.62. The fourth-order valence-electron chi connectivity index (χ4n) is 9.98. The number of aromatic nitrogens is 10. The molecule has 2 amide bonds. The van der Waals surface area contributed by atoms with Gasteiger partial charge in [-0.25, -0.2) is 43.8 Å². The number of pyridine rings is 3. The predicted octanol–water partition coefficient (Wildman–Crippen LogP) is 17.4. The maximum absolute atomic E-state index is 11.4. The third kappa shape index (κ3) is 26.9. The van der Waals surface area contributed by atoms with Gasteiger partial charge in [0.1, 0.15) is 36.0 Å². The second-order valence-corrected chi connectivity index (χ2v) is 43.0. The van der Waals surface area contributed by atoms with Crippen LogP contribution in [-0.4, -0.2) is 169 Å². The molecule has 2 aliphatic carbocycles. The molecule has 12 heterocycles. The van der Waals surface area contributed by atoms with Gasteiger partial charge in [-0.15, -0.1) is 12.4 Å². The first-order valence-corrected chi connectivity index (χ1v) is 43.8. The Bertz CT molecular complexity index is 4780. The minimum Gasteiger partial charge on any atom is -0.444 e. The number of likely N-dealkylation sites (tertiary alicyclic amines) is 2. The summed E-state index contributed by atoms with van der Waals surface area (Å²) >= 11 is 17.1. The number of amides is 2. The van der Waals surface area contributed by atoms with Crippen LogP contribution < -0.4 is 10.8 Å². The standard InChI is InChI=1S/C17H21N5OSi.C14H18ClN3OSi.C10H14N2O2.C9H15BN2O2.C9H10N2O.C8H4ClN3.C5H6N2.C4H5ClO.ClH/c1-18-15-11-19-17-14(16(15)13-9-20-21-10-13)5-6-22(17)12-23-7-8-24(2,3)4;1-16-12-9-17-14-11(13(12)15)5-6-18(14)10-19-7-8-20(2,3)4;1-10(2,3)14-9(13)12-6-8(7-12)5-11-4;1-8(2)9(3,4)14-10(13-8)7-5-11-12-6-7;1-10-4-7-5-11(6-7)9(12)8-2-3-8;1-10-6-4-12-8-5(7(6)9)2-3-11-8;1-6-2-5-3-7-4-5;5-4(6)3-1-2-3;/h5-6,9-11H,7-8,12H2,2-4H3,(H,20,21);5-6,9H,7-8,10H2,2-4H3;5H,6-7H2,1-3H3;5-6H,1-4H3,(H,11,12);4,8H,2-3,5-6H2;2-4H,(H,11,12);2,7H,3-4H2;3H,1-2H2;1H. The van der Waals surface area contributed by atoms with Gasteiger partial charge in [0.15, 0.2) is 18.6 Å². The molecule has 27 nitrogen and oxygen atoms in total. The number of carbonyl (C=O) groups excluding carboxylic acids is 3. The highest BCUT2D eigenvalue weighted by molar-refractivity contribution is 6.76. The molecule has 580 valence electrons. The van der Waals surface area contributed by atoms with Gasteiger partial charge in [-0.3, -0.25) is 24.8 Å². The van der Waals surface area contributed by atoms with E-state index < -0.39 is 21.7 Å². The number of aromatic amines is 3. The van der Waals surface area contributed by atoms with Gasteiger partial charge in [0, 0.05) is 169 Å². The summed E-state index contributed by atoms with van der Waals surface area (Å²) in [6.45, 7) is 75.2. The van der Waals surface area contributed by atoms with Gasteiger partial charge in [-0.2, -0.15) is 10.2 Å². The van der Waals surface area contributed by atoms with Crippen molar-refractivity contribution in [2.45, 2.75) is 156 Å². The van der Waals surface area contributed by atoms with Crippen LogP contribution in [0.15, 0.2) is 115 Å². The lowest BCUT2D eigenvalue weighted by Gasteiger charge is -2.35. The topological polar surface area (TPSA) is 264 Å². The van der Waals surface area contributed by atoms with Gasteiger partial charge in [0.05, 0.1) is 66.9 Å². The van der Waals surface area contributed by atoms with Crippen LogP contribution in [-0.2, 0) is 46.6 Å². The van der Waals surface area contributed by atoms with Gasteiger partial charge in [-0.05, 0) is 133 Å². The Balaban J connectivity index is 0.000000202. The van der Waals surface area contributed by atoms with Crippen LogP contribution in [0.2, 0.25) is 61.4 Å². The fourth-order valence-corrected chi connectivity index (χ4v) is 12.2. The molecule has 6 fully saturated rings. The van der Waals surface area contributed by atoms with E-state index in [1.54, 1.807) is 54.3 Å². The normalized spacial score (nSPS) is 15.4. The van der Waals surface area contributed by atoms with E-state index >= 15 is 0 Å². The number of fused-ring (bicyclic) bond motifs is 3. The highest BCUT2D eigenvalue weighted by Gasteiger charge is 2.52. The minimum absolute atomic E-state index is 0. The van der Waals surface area contributed by atoms with Crippen molar-refractivity contribution in [1.29, 1.82) is 0 Å². The zero-order valence-corrected chi connectivity index (χ0v) is 69.4. The molecule has 0 bridgehead atoms. The summed E-state index contributed by atoms with van der Waals surface area (Å²) in [6.07, 6.45) is 25.7. The third-order valence-electron chi connectivity index (χ3n) is 17.4. The Kier molecular flexibility index (Phi) is 33.3. The van der Waals surface area contributed by atoms with Crippen molar-refractivity contribution in [2.24, 2.45) is 11.8 Å². The number of ether oxygens (including phenoxy) is 3. The zero-order chi connectivity index (χ0) is 79.9. The predicted molar refractivity (Wildman–Crippen MR) is 439 cm³/mol. The molecule has 0 atom stereocenters. The van der Waals surface area contributed by atoms with Crippen molar-refractivity contribution in [3.63, 3.8) is 0 Å². The zero-order valence-electron chi connectivity index (χ0n) is 64.3. The molecule has 8 aromatic rings. The first-order valence-electron chi connectivity index (χ1n) is 35.3. The second kappa shape index (κ2) is 41.0. The van der Waals surface area contributed by atoms with Crippen LogP contribution >= 0.6 is 47.2 Å². The number of hydrogen-bond donors (Lipinski definition) is 4. The van der Waals surface area contributed by atoms with E-state index in [9.17, 15) is 14.4 Å². The SMILES string of the molecule is CC1(C)OB(c2cn[nH]c2)OC1(C)C.Cl.O=C(Cl)C1CC1.[C-]#[N+]C=C1CN(C(=O)C2CC2)C1.[C-]#[N+]C=C1CN(C(=O)OC(C)(C)C)C1.[C-]#[N+]C=C1CNC1.[C-]#[N+]c1cnc2[nH]ccc2c1Cl.[C-]#[N+]c1cnc2c(ccn2COCC[Si](C)(C)C)c1-c1cn[nH]c1.[C-]#[N+]c1cnc2c(ccn2COCC[Si](C)(C)C)c1Cl. The molecular formula is C76H94BCl4N19O8Si2. The molecular weight excluding hydrogens is 1520 g/mol. The van der Waals surface area contributed by atoms with E-state index in [1.165, 1.54) is 30.4 Å². The highest BCUT2D eigenvalue weighted by Crippen LogP contribution is 2.39. The van der Waals surface area contributed by atoms with E-state index in [1.807, 2.05) is 87.0 Å². The van der Waals surface area contributed by atoms with Crippen molar-refractivity contribution in [3.8, 4) is 11.1 Å². The molecule has 2 saturated carbocycles. The van der Waals surface area contributed by atoms with Crippen molar-refractivity contribution < 1.29 is 37.9 Å². The Morgan fingerprint density at radius 3 is 1.54 bits per heavy atom. The molecule has 6 aliphatic rings. The van der Waals surface area contributed by atoms with E-state index in [0.717, 1.165) is 119 Å². The molecule has 0 spiro atoms. The molecule has 4 saturated heterocycles. The number of nitrogens with one attached hydrogen (secondary N) is 4. The smallest absolute Gasteiger partial charge is 0.444 e. The number of nitrogens with zero attached hydrogens (tertiary/aromatic N) is 15. The monoisotopic (exact) mass is 1610 g/mol. The number of hydrogen-bond acceptors (Lipinski definition) is 14. The number of rotatable bonds is 14. The van der Waals surface area contributed by atoms with Gasteiger partial charge >= 0.3 is 13.2 Å². The average molecular weight is 1610 g/mol. The summed E-state index contributed by atoms with van der Waals surface area (Å²) < 4.78 is 32.2. The van der Waals surface area contributed by atoms with Crippen LogP contribution in [0.4, 0.5) is 21.9 Å². The Labute approximate surface area is 666 Å². The minimum atomic E-state index is -1.08. The maximum Gasteiger partial charge on any atom is 0.498 e. The van der Waals surface area contributed by atoms with Gasteiger partial charge < -0.3 is 52.8 Å². The van der Waals surface area contributed by atoms with Crippen LogP contribution in [0.3, 0.4) is 0 Å². The van der Waals surface area contributed by atoms with Gasteiger partial charge in [-0.1, -0.05) is 62.5 Å². The molecule has 14 rings (SSSR count). The first-order chi connectivity index (χ1) is 51.6. The molecule has 4 N–H and O–H groups in total. The molecule has 0 unspecified atom stereocenters. The Morgan fingerprint density at radius 2 is 1.11 bits per heavy atom. The first kappa shape index (κ1) is 89.4. The second-order valence-electron chi connectivity index (χ2n) is 30.6. The Hall–Kier alpha value is -9.48. The summed E-state index contributed by atoms with van der Waals surface area (Å²) in [5.74, 6) is 0.836. The third-order valence-corrected chi connectivity index (χ3v) is 21.9. The number of halogens is 4. The number of carbonyl (C=O) groups is 3. The fraction of sp³-hybridized carbons (Fsp3) is 0.447. The largest absolute Gasteiger partial charge is 0.498 e. The van der Waals surface area contributed by atoms with Crippen molar-refractivity contribution >= 4 is 143 Å². The summed E-state index contributed by atoms with van der Waals surface area (Å²) in [6, 6.07) is 7.95. The quantitative estimate of drug-likeness (QED) is 0.0342. The summed E-state index contributed by atoms with van der Waals surface area (Å²) in [4.78, 5) is 71.4. The summed E-state index contributed by atoms with van der Waals surface area (Å²) in [7, 11) is -2.45. The van der Waals surface area contributed by atoms with E-state index in [2.05, 4.69) is 114 Å². The summed E-state index contributed by atoms with van der Waals surface area (Å²) in [5, 5.41) is 19.8. The van der Waals surface area contributed by atoms with Crippen LogP contribution in [0.5, 0.6) is 0 Å². The van der Waals surface area contributed by atoms with Crippen molar-refractivity contribution in [1.82, 2.24) is 64.6 Å². The molecule has 4 aliphatic heterocycles. The van der Waals surface area contributed by atoms with Crippen LogP contribution in [0, 0.1) is 51.3 Å². The van der Waals surface area contributed by atoms with E-state index in [0.29, 0.717) is 78.3 Å². The van der Waals surface area contributed by atoms with E-state index in [-0.39, 0.29) is 53.9 Å². The highest BCUT2D eigenvalue weighted by atomic mass is 35.5. The molecule has 0 radical (unpaired) electrons. The molecule has 34 heteroatoms. The van der Waals surface area contributed by atoms with Crippen molar-refractivity contribution in [3.05, 3.63) is 194 Å². The van der Waals surface area contributed by atoms with Crippen molar-refractivity contribution in [2.75, 3.05) is 52.5 Å². The molecule has 8 aromatic heterocycles. The lowest BCUT2D eigenvalue weighted by Crippen LogP contribution is -2.46. The van der Waals surface area contributed by atoms with Crippen LogP contribution in [0.25, 0.3) is 73.3 Å². The lowest BCUT2D eigenvalue weighted by molar-refractivity contribution is -0.133.